The van der Waals surface area contributed by atoms with Crippen LogP contribution in [0, 0.1) is 25.3 Å². The van der Waals surface area contributed by atoms with Gasteiger partial charge in [-0.1, -0.05) is 210 Å². The number of para-hydroxylation sites is 1. The van der Waals surface area contributed by atoms with E-state index in [0.29, 0.717) is 22.7 Å². The molecule has 390 valence electrons. The van der Waals surface area contributed by atoms with Crippen LogP contribution in [0.1, 0.15) is 122 Å². The minimum Gasteiger partial charge on any atom is -0.510 e. The Balaban J connectivity index is 0.00000803. The Bertz CT molecular complexity index is 4410. The van der Waals surface area contributed by atoms with Gasteiger partial charge in [-0.15, -0.1) is 29.7 Å². The van der Waals surface area contributed by atoms with E-state index in [2.05, 4.69) is 190 Å². The second-order valence-electron chi connectivity index (χ2n) is 24.1. The molecule has 6 heteroatoms. The van der Waals surface area contributed by atoms with Gasteiger partial charge in [0, 0.05) is 54.0 Å². The molecule has 5 nitrogen and oxygen atoms in total. The van der Waals surface area contributed by atoms with Crippen molar-refractivity contribution in [3.8, 4) is 62.1 Å². The number of hydrogen-bond donors (Lipinski definition) is 0. The van der Waals surface area contributed by atoms with Gasteiger partial charge in [-0.05, 0) is 113 Å². The topological polar surface area (TPSA) is 35.9 Å². The fraction of sp³-hybridized carbons (Fsp3) is 0.239. The summed E-state index contributed by atoms with van der Waals surface area (Å²) in [4.78, 5) is 4.75. The zero-order valence-electron chi connectivity index (χ0n) is 53.9. The van der Waals surface area contributed by atoms with Crippen LogP contribution in [-0.2, 0) is 42.7 Å². The molecule has 0 fully saturated rings. The quantitative estimate of drug-likeness (QED) is 0.112. The summed E-state index contributed by atoms with van der Waals surface area (Å²) < 4.78 is 81.0. The Morgan fingerprint density at radius 3 is 1.96 bits per heavy atom. The predicted octanol–water partition coefficient (Wildman–Crippen LogP) is 18.1. The van der Waals surface area contributed by atoms with E-state index >= 15 is 0 Å². The number of hydrogen-bond acceptors (Lipinski definition) is 2. The van der Waals surface area contributed by atoms with Gasteiger partial charge < -0.3 is 13.9 Å². The van der Waals surface area contributed by atoms with Crippen molar-refractivity contribution in [2.75, 3.05) is 0 Å². The van der Waals surface area contributed by atoms with E-state index in [1.807, 2.05) is 54.6 Å². The third-order valence-corrected chi connectivity index (χ3v) is 14.4. The molecule has 0 atom stereocenters. The molecular weight excluding hydrogens is 1120 g/mol. The molecule has 0 aliphatic rings. The number of pyridine rings is 1. The molecule has 0 radical (unpaired) electrons. The summed E-state index contributed by atoms with van der Waals surface area (Å²) >= 11 is 0. The van der Waals surface area contributed by atoms with Crippen LogP contribution >= 0.6 is 0 Å². The molecule has 0 unspecified atom stereocenters. The maximum atomic E-state index is 8.69. The zero-order chi connectivity index (χ0) is 60.3. The molecule has 0 saturated heterocycles. The number of imidazole rings is 1. The molecule has 0 aliphatic carbocycles. The average Bonchev–Trinajstić information content (AvgIpc) is 1.90. The first kappa shape index (κ1) is 43.7. The van der Waals surface area contributed by atoms with E-state index in [1.54, 1.807) is 4.57 Å². The smallest absolute Gasteiger partial charge is 0.268 e. The molecule has 0 bridgehead atoms. The van der Waals surface area contributed by atoms with Crippen molar-refractivity contribution in [3.05, 3.63) is 222 Å². The van der Waals surface area contributed by atoms with Crippen LogP contribution in [0.3, 0.4) is 0 Å². The summed E-state index contributed by atoms with van der Waals surface area (Å²) in [5, 5.41) is 1.66. The predicted molar refractivity (Wildman–Crippen MR) is 316 cm³/mol. The van der Waals surface area contributed by atoms with Gasteiger partial charge in [0.2, 0.25) is 0 Å². The molecule has 0 N–H and O–H groups in total. The largest absolute Gasteiger partial charge is 0.510 e. The number of benzene rings is 8. The van der Waals surface area contributed by atoms with Crippen molar-refractivity contribution in [2.24, 2.45) is 0 Å². The fourth-order valence-corrected chi connectivity index (χ4v) is 10.1. The summed E-state index contributed by atoms with van der Waals surface area (Å²) in [6.45, 7) is 24.3. The van der Waals surface area contributed by atoms with Crippen LogP contribution in [0.2, 0.25) is 0 Å². The summed E-state index contributed by atoms with van der Waals surface area (Å²) in [5.41, 5.74) is 13.1. The summed E-state index contributed by atoms with van der Waals surface area (Å²) in [5.74, 6) is 1.00. The minimum atomic E-state index is -2.76. The van der Waals surface area contributed by atoms with Crippen LogP contribution in [0.4, 0.5) is 0 Å². The first-order valence-corrected chi connectivity index (χ1v) is 26.0. The Hall–Kier alpha value is -7.33. The number of aryl methyl sites for hydroxylation is 1. The third-order valence-electron chi connectivity index (χ3n) is 14.4. The van der Waals surface area contributed by atoms with Crippen molar-refractivity contribution >= 4 is 32.8 Å². The fourth-order valence-electron chi connectivity index (χ4n) is 10.1. The standard InChI is InChI=1S/C71H68N4O.Pt/c1-46-37-66(72-44-60(46)48-21-15-14-16-22-48)75-62-28-18-17-27-57(62)58-35-34-56(43-64(58)75)76-55-26-20-25-54(42-55)73-45-74(63-36-31-49(39-65(63)73)47-29-32-51(33-30-47)68(2,3)4)67-59(50-23-19-24-52(38-50)69(5,6)7)40-53(70(8,9)10)41-61(67)71(11,12)13;/h14-41,44H,1-13H3;/q-2;/i1D3,14D,15D,16D,21D,22D;. The summed E-state index contributed by atoms with van der Waals surface area (Å²) in [6, 6.07) is 52.2. The second kappa shape index (κ2) is 19.9. The molecular formula is C71H68N4OPt-2. The maximum absolute atomic E-state index is 8.69. The summed E-state index contributed by atoms with van der Waals surface area (Å²) in [6.07, 6.45) is 5.17. The SMILES string of the molecule is [2H]c1c([2H])c([2H])c(-c2cnc(-n3c4[c-]c(Oc5[c-]c(-n6[c-][n+](-c7c(-c8cccc(C(C)(C)C)c8)cc(C(C)(C)C)cc7C(C)(C)C)c7ccc(-c8ccc(C(C)(C)C)cc8)cc76)ccc5)ccc4c4ccccc43)cc2C([2H])([2H])[2H])c([2H])c1[2H].[Pt]. The van der Waals surface area contributed by atoms with Crippen molar-refractivity contribution in [1.29, 1.82) is 0 Å². The van der Waals surface area contributed by atoms with Gasteiger partial charge in [-0.3, -0.25) is 4.57 Å². The number of aromatic nitrogens is 4. The van der Waals surface area contributed by atoms with Crippen LogP contribution in [0.25, 0.3) is 83.4 Å². The Labute approximate surface area is 481 Å². The maximum Gasteiger partial charge on any atom is 0.268 e. The summed E-state index contributed by atoms with van der Waals surface area (Å²) in [7, 11) is 0. The van der Waals surface area contributed by atoms with Gasteiger partial charge >= 0.3 is 0 Å². The van der Waals surface area contributed by atoms with Crippen LogP contribution in [0.5, 0.6) is 11.5 Å². The molecule has 8 aromatic carbocycles. The van der Waals surface area contributed by atoms with Crippen LogP contribution in [-0.4, -0.2) is 14.1 Å². The average molecular weight is 1200 g/mol. The van der Waals surface area contributed by atoms with E-state index < -0.39 is 37.1 Å². The number of fused-ring (bicyclic) bond motifs is 4. The Morgan fingerprint density at radius 2 is 1.25 bits per heavy atom. The van der Waals surface area contributed by atoms with Crippen molar-refractivity contribution < 1.29 is 41.3 Å². The van der Waals surface area contributed by atoms with Gasteiger partial charge in [0.05, 0.1) is 23.6 Å². The first-order chi connectivity index (χ1) is 39.4. The minimum absolute atomic E-state index is 0. The molecule has 3 heterocycles. The number of ether oxygens (including phenoxy) is 1. The molecule has 0 aliphatic heterocycles. The van der Waals surface area contributed by atoms with Gasteiger partial charge in [-0.25, -0.2) is 4.98 Å². The van der Waals surface area contributed by atoms with Crippen LogP contribution < -0.4 is 9.30 Å². The molecule has 77 heavy (non-hydrogen) atoms. The Kier molecular flexibility index (Phi) is 11.3. The second-order valence-corrected chi connectivity index (χ2v) is 24.1. The number of rotatable bonds is 8. The van der Waals surface area contributed by atoms with E-state index in [9.17, 15) is 0 Å². The Morgan fingerprint density at radius 1 is 0.545 bits per heavy atom. The van der Waals surface area contributed by atoms with E-state index in [4.69, 9.17) is 20.7 Å². The molecule has 11 rings (SSSR count). The number of nitrogens with zero attached hydrogens (tertiary/aromatic N) is 4. The monoisotopic (exact) mass is 1200 g/mol. The normalized spacial score (nSPS) is 14.0. The molecule has 0 saturated carbocycles. The van der Waals surface area contributed by atoms with Crippen molar-refractivity contribution in [2.45, 2.75) is 112 Å². The third kappa shape index (κ3) is 10.2. The van der Waals surface area contributed by atoms with Gasteiger partial charge in [-0.2, -0.15) is 18.2 Å². The van der Waals surface area contributed by atoms with Crippen LogP contribution in [0.15, 0.2) is 176 Å². The zero-order valence-corrected chi connectivity index (χ0v) is 48.1. The van der Waals surface area contributed by atoms with Gasteiger partial charge in [0.15, 0.2) is 0 Å². The van der Waals surface area contributed by atoms with E-state index in [1.165, 1.54) is 34.5 Å². The van der Waals surface area contributed by atoms with E-state index in [0.717, 1.165) is 55.3 Å². The molecule has 11 aromatic rings. The first-order valence-electron chi connectivity index (χ1n) is 30.0. The van der Waals surface area contributed by atoms with Gasteiger partial charge in [0.1, 0.15) is 5.82 Å². The molecule has 0 amide bonds. The molecule has 0 spiro atoms. The van der Waals surface area contributed by atoms with Crippen molar-refractivity contribution in [1.82, 2.24) is 14.1 Å². The molecule has 3 aromatic heterocycles. The van der Waals surface area contributed by atoms with Gasteiger partial charge in [0.25, 0.3) is 6.33 Å². The van der Waals surface area contributed by atoms with Crippen molar-refractivity contribution in [3.63, 3.8) is 0 Å². The van der Waals surface area contributed by atoms with E-state index in [-0.39, 0.29) is 65.2 Å².